The van der Waals surface area contributed by atoms with Crippen LogP contribution in [0.15, 0.2) is 28.6 Å². The van der Waals surface area contributed by atoms with Gasteiger partial charge in [-0.2, -0.15) is 10.2 Å². The van der Waals surface area contributed by atoms with Crippen LogP contribution >= 0.6 is 0 Å². The van der Waals surface area contributed by atoms with E-state index in [4.69, 9.17) is 6.42 Å². The number of hydrogen-bond donors (Lipinski definition) is 1. The highest BCUT2D eigenvalue weighted by Crippen LogP contribution is 2.36. The molecule has 1 unspecified atom stereocenters. The van der Waals surface area contributed by atoms with Crippen molar-refractivity contribution in [2.45, 2.75) is 51.1 Å². The van der Waals surface area contributed by atoms with Gasteiger partial charge in [0.15, 0.2) is 5.66 Å². The van der Waals surface area contributed by atoms with Crippen LogP contribution in [0.3, 0.4) is 0 Å². The van der Waals surface area contributed by atoms with Crippen molar-refractivity contribution in [2.24, 2.45) is 16.1 Å². The number of rotatable bonds is 8. The van der Waals surface area contributed by atoms with Gasteiger partial charge in [0.25, 0.3) is 0 Å². The van der Waals surface area contributed by atoms with Crippen LogP contribution in [0, 0.1) is 25.2 Å². The molecule has 0 bridgehead atoms. The first-order valence-corrected chi connectivity index (χ1v) is 9.86. The Morgan fingerprint density at radius 1 is 1.36 bits per heavy atom. The zero-order valence-electron chi connectivity index (χ0n) is 16.4. The summed E-state index contributed by atoms with van der Waals surface area (Å²) < 4.78 is 0. The molecule has 3 rings (SSSR count). The van der Waals surface area contributed by atoms with E-state index >= 15 is 0 Å². The molecule has 0 aliphatic carbocycles. The summed E-state index contributed by atoms with van der Waals surface area (Å²) in [6.45, 7) is 3.62. The van der Waals surface area contributed by atoms with Gasteiger partial charge in [0.2, 0.25) is 11.8 Å². The van der Waals surface area contributed by atoms with Crippen LogP contribution < -0.4 is 5.32 Å². The van der Waals surface area contributed by atoms with Crippen molar-refractivity contribution in [2.75, 3.05) is 19.6 Å². The predicted octanol–water partition coefficient (Wildman–Crippen LogP) is 2.25. The van der Waals surface area contributed by atoms with Crippen LogP contribution in [0.1, 0.15) is 43.4 Å². The van der Waals surface area contributed by atoms with Gasteiger partial charge >= 0.3 is 0 Å². The molecule has 148 valence electrons. The largest absolute Gasteiger partial charge is 0.356 e. The molecule has 0 saturated carbocycles. The van der Waals surface area contributed by atoms with Crippen LogP contribution in [-0.2, 0) is 16.0 Å². The number of nitrogens with zero attached hydrogens (tertiary/aromatic N) is 4. The van der Waals surface area contributed by atoms with Crippen LogP contribution in [0.4, 0.5) is 0 Å². The lowest BCUT2D eigenvalue weighted by Gasteiger charge is -2.32. The van der Waals surface area contributed by atoms with Gasteiger partial charge in [0, 0.05) is 50.8 Å². The molecular weight excluding hydrogens is 354 g/mol. The molecular formula is C21H27N5O2. The first-order valence-electron chi connectivity index (χ1n) is 9.86. The molecule has 28 heavy (non-hydrogen) atoms. The molecule has 0 aromatic carbocycles. The number of nitrogens with one attached hydrogen (secondary N) is 1. The number of terminal acetylenes is 1. The minimum Gasteiger partial charge on any atom is -0.356 e. The Morgan fingerprint density at radius 2 is 2.18 bits per heavy atom. The Kier molecular flexibility index (Phi) is 6.40. The highest BCUT2D eigenvalue weighted by molar-refractivity contribution is 5.82. The first-order chi connectivity index (χ1) is 13.5. The number of aryl methyl sites for hydroxylation is 1. The van der Waals surface area contributed by atoms with E-state index in [2.05, 4.69) is 26.4 Å². The molecule has 3 heterocycles. The molecule has 1 aromatic rings. The van der Waals surface area contributed by atoms with Gasteiger partial charge in [-0.25, -0.2) is 0 Å². The average Bonchev–Trinajstić information content (AvgIpc) is 3.48. The van der Waals surface area contributed by atoms with Gasteiger partial charge < -0.3 is 10.2 Å². The van der Waals surface area contributed by atoms with Crippen LogP contribution in [-0.4, -0.2) is 47.0 Å². The number of aromatic nitrogens is 1. The molecule has 2 aliphatic rings. The molecule has 1 saturated heterocycles. The molecule has 7 nitrogen and oxygen atoms in total. The minimum absolute atomic E-state index is 0.00209. The lowest BCUT2D eigenvalue weighted by molar-refractivity contribution is -0.135. The molecule has 7 heteroatoms. The quantitative estimate of drug-likeness (QED) is 0.701. The predicted molar refractivity (Wildman–Crippen MR) is 105 cm³/mol. The molecule has 0 spiro atoms. The van der Waals surface area contributed by atoms with Crippen molar-refractivity contribution in [1.82, 2.24) is 15.2 Å². The zero-order chi connectivity index (χ0) is 20.0. The van der Waals surface area contributed by atoms with E-state index in [1.165, 1.54) is 0 Å². The summed E-state index contributed by atoms with van der Waals surface area (Å²) in [5.74, 6) is 2.49. The number of hydrogen-bond acceptors (Lipinski definition) is 5. The molecule has 0 radical (unpaired) electrons. The first kappa shape index (κ1) is 20.0. The van der Waals surface area contributed by atoms with Crippen LogP contribution in [0.5, 0.6) is 0 Å². The maximum atomic E-state index is 12.6. The van der Waals surface area contributed by atoms with Gasteiger partial charge in [0.05, 0.1) is 12.3 Å². The second-order valence-electron chi connectivity index (χ2n) is 7.59. The monoisotopic (exact) mass is 381 g/mol. The normalized spacial score (nSPS) is 19.7. The Hall–Kier alpha value is -2.75. The van der Waals surface area contributed by atoms with Crippen molar-refractivity contribution >= 4 is 11.8 Å². The number of carbonyl (C=O) groups excluding carboxylic acids is 2. The van der Waals surface area contributed by atoms with Crippen molar-refractivity contribution < 1.29 is 9.59 Å². The van der Waals surface area contributed by atoms with Gasteiger partial charge in [-0.05, 0) is 31.4 Å². The maximum Gasteiger partial charge on any atom is 0.227 e. The number of carbonyl (C=O) groups is 2. The van der Waals surface area contributed by atoms with E-state index in [1.54, 1.807) is 11.1 Å². The molecule has 2 amide bonds. The summed E-state index contributed by atoms with van der Waals surface area (Å²) >= 11 is 0. The van der Waals surface area contributed by atoms with E-state index in [0.29, 0.717) is 38.9 Å². The standard InChI is InChI=1S/C21H27N5O2/c1-3-4-9-21(24-25-21)10-11-22-20(28)18-6-5-12-26(15-18)19(27)13-17-8-7-16(2)23-14-17/h1,7-8,14,18H,4-6,9-13,15H2,2H3,(H,22,28). The van der Waals surface area contributed by atoms with Crippen molar-refractivity contribution in [1.29, 1.82) is 0 Å². The Labute approximate surface area is 166 Å². The highest BCUT2D eigenvalue weighted by atomic mass is 16.2. The lowest BCUT2D eigenvalue weighted by Crippen LogP contribution is -2.46. The topological polar surface area (TPSA) is 87.0 Å². The highest BCUT2D eigenvalue weighted by Gasteiger charge is 2.39. The van der Waals surface area contributed by atoms with Gasteiger partial charge in [0.1, 0.15) is 0 Å². The van der Waals surface area contributed by atoms with Gasteiger partial charge in [-0.1, -0.05) is 6.07 Å². The molecule has 1 aromatic heterocycles. The fraction of sp³-hybridized carbons (Fsp3) is 0.571. The SMILES string of the molecule is C#CCCC1(CCNC(=O)C2CCCN(C(=O)Cc3ccc(C)nc3)C2)N=N1. The summed E-state index contributed by atoms with van der Waals surface area (Å²) in [7, 11) is 0. The maximum absolute atomic E-state index is 12.6. The minimum atomic E-state index is -0.379. The number of pyridine rings is 1. The van der Waals surface area contributed by atoms with E-state index in [-0.39, 0.29) is 23.4 Å². The molecule has 1 atom stereocenters. The summed E-state index contributed by atoms with van der Waals surface area (Å²) in [6, 6.07) is 3.84. The van der Waals surface area contributed by atoms with Gasteiger partial charge in [-0.3, -0.25) is 14.6 Å². The Balaban J connectivity index is 1.43. The van der Waals surface area contributed by atoms with Crippen molar-refractivity contribution in [3.05, 3.63) is 29.6 Å². The molecule has 1 N–H and O–H groups in total. The van der Waals surface area contributed by atoms with Crippen molar-refractivity contribution in [3.8, 4) is 12.3 Å². The second-order valence-corrected chi connectivity index (χ2v) is 7.59. The third-order valence-electron chi connectivity index (χ3n) is 5.35. The summed E-state index contributed by atoms with van der Waals surface area (Å²) in [4.78, 5) is 31.2. The van der Waals surface area contributed by atoms with Crippen LogP contribution in [0.25, 0.3) is 0 Å². The number of amides is 2. The third-order valence-corrected chi connectivity index (χ3v) is 5.35. The summed E-state index contributed by atoms with van der Waals surface area (Å²) in [5.41, 5.74) is 1.45. The Bertz CT molecular complexity index is 775. The fourth-order valence-corrected chi connectivity index (χ4v) is 3.51. The summed E-state index contributed by atoms with van der Waals surface area (Å²) in [5, 5.41) is 11.1. The van der Waals surface area contributed by atoms with Crippen LogP contribution in [0.2, 0.25) is 0 Å². The molecule has 2 aliphatic heterocycles. The summed E-state index contributed by atoms with van der Waals surface area (Å²) in [6.07, 6.45) is 11.0. The Morgan fingerprint density at radius 3 is 2.86 bits per heavy atom. The van der Waals surface area contributed by atoms with E-state index in [9.17, 15) is 9.59 Å². The van der Waals surface area contributed by atoms with E-state index in [1.807, 2.05) is 19.1 Å². The average molecular weight is 381 g/mol. The third kappa shape index (κ3) is 5.38. The molecule has 1 fully saturated rings. The van der Waals surface area contributed by atoms with E-state index < -0.39 is 0 Å². The number of piperidine rings is 1. The van der Waals surface area contributed by atoms with Gasteiger partial charge in [-0.15, -0.1) is 12.3 Å². The lowest BCUT2D eigenvalue weighted by atomic mass is 9.96. The fourth-order valence-electron chi connectivity index (χ4n) is 3.51. The van der Waals surface area contributed by atoms with Crippen molar-refractivity contribution in [3.63, 3.8) is 0 Å². The smallest absolute Gasteiger partial charge is 0.227 e. The number of likely N-dealkylation sites (tertiary alicyclic amines) is 1. The zero-order valence-corrected chi connectivity index (χ0v) is 16.4. The second kappa shape index (κ2) is 8.96. The van der Waals surface area contributed by atoms with E-state index in [0.717, 1.165) is 30.5 Å².